The quantitative estimate of drug-likeness (QED) is 0.582. The molecule has 0 spiro atoms. The molecule has 0 heterocycles. The number of hydrogen-bond donors (Lipinski definition) is 2. The minimum absolute atomic E-state index is 0.0299. The third-order valence-corrected chi connectivity index (χ3v) is 4.75. The maximum Gasteiger partial charge on any atom is 0.255 e. The van der Waals surface area contributed by atoms with Gasteiger partial charge in [-0.05, 0) is 66.9 Å². The van der Waals surface area contributed by atoms with Crippen molar-refractivity contribution in [2.45, 2.75) is 19.4 Å². The fraction of sp³-hybridized carbons (Fsp3) is 0.167. The maximum absolute atomic E-state index is 13.3. The van der Waals surface area contributed by atoms with E-state index in [0.717, 1.165) is 18.4 Å². The summed E-state index contributed by atoms with van der Waals surface area (Å²) in [6.45, 7) is 0.225. The van der Waals surface area contributed by atoms with Gasteiger partial charge in [0.2, 0.25) is 5.91 Å². The summed E-state index contributed by atoms with van der Waals surface area (Å²) >= 11 is 0. The number of anilines is 2. The first-order chi connectivity index (χ1) is 14.6. The Morgan fingerprint density at radius 3 is 2.40 bits per heavy atom. The van der Waals surface area contributed by atoms with Crippen LogP contribution in [-0.2, 0) is 11.4 Å². The summed E-state index contributed by atoms with van der Waals surface area (Å²) in [5.41, 5.74) is 2.46. The summed E-state index contributed by atoms with van der Waals surface area (Å²) in [4.78, 5) is 24.3. The molecule has 0 aliphatic heterocycles. The minimum atomic E-state index is -0.310. The Morgan fingerprint density at radius 1 is 0.900 bits per heavy atom. The van der Waals surface area contributed by atoms with Crippen LogP contribution in [0.25, 0.3) is 0 Å². The van der Waals surface area contributed by atoms with Gasteiger partial charge in [0.05, 0.1) is 0 Å². The van der Waals surface area contributed by atoms with E-state index in [1.165, 1.54) is 12.1 Å². The molecule has 1 saturated carbocycles. The molecular formula is C24H21FN2O3. The molecule has 2 amide bonds. The Bertz CT molecular complexity index is 1060. The molecular weight excluding hydrogens is 383 g/mol. The minimum Gasteiger partial charge on any atom is -0.489 e. The summed E-state index contributed by atoms with van der Waals surface area (Å²) in [7, 11) is 0. The lowest BCUT2D eigenvalue weighted by molar-refractivity contribution is -0.117. The van der Waals surface area contributed by atoms with Crippen molar-refractivity contribution in [1.82, 2.24) is 0 Å². The monoisotopic (exact) mass is 404 g/mol. The third-order valence-electron chi connectivity index (χ3n) is 4.75. The van der Waals surface area contributed by atoms with Gasteiger partial charge in [0, 0.05) is 28.9 Å². The van der Waals surface area contributed by atoms with Crippen LogP contribution in [0.4, 0.5) is 15.8 Å². The van der Waals surface area contributed by atoms with E-state index in [2.05, 4.69) is 10.6 Å². The van der Waals surface area contributed by atoms with Gasteiger partial charge in [-0.2, -0.15) is 0 Å². The van der Waals surface area contributed by atoms with E-state index in [4.69, 9.17) is 4.74 Å². The van der Waals surface area contributed by atoms with Crippen LogP contribution in [-0.4, -0.2) is 11.8 Å². The average Bonchev–Trinajstić information content (AvgIpc) is 3.59. The van der Waals surface area contributed by atoms with Gasteiger partial charge in [-0.15, -0.1) is 0 Å². The first-order valence-electron chi connectivity index (χ1n) is 9.76. The summed E-state index contributed by atoms with van der Waals surface area (Å²) in [5.74, 6) is 0.147. The maximum atomic E-state index is 13.3. The van der Waals surface area contributed by atoms with Gasteiger partial charge in [0.1, 0.15) is 18.2 Å². The highest BCUT2D eigenvalue weighted by Crippen LogP contribution is 2.30. The van der Waals surface area contributed by atoms with Crippen molar-refractivity contribution >= 4 is 23.2 Å². The molecule has 0 aromatic heterocycles. The molecule has 1 aliphatic rings. The Morgan fingerprint density at radius 2 is 1.67 bits per heavy atom. The van der Waals surface area contributed by atoms with Gasteiger partial charge in [0.25, 0.3) is 5.91 Å². The number of carbonyl (C=O) groups is 2. The summed E-state index contributed by atoms with van der Waals surface area (Å²) in [6.07, 6.45) is 1.88. The zero-order valence-corrected chi connectivity index (χ0v) is 16.2. The molecule has 152 valence electrons. The van der Waals surface area contributed by atoms with E-state index in [-0.39, 0.29) is 30.2 Å². The molecule has 0 saturated heterocycles. The van der Waals surface area contributed by atoms with Crippen molar-refractivity contribution < 1.29 is 18.7 Å². The fourth-order valence-corrected chi connectivity index (χ4v) is 2.96. The molecule has 6 heteroatoms. The zero-order valence-electron chi connectivity index (χ0n) is 16.2. The Kier molecular flexibility index (Phi) is 5.75. The van der Waals surface area contributed by atoms with Gasteiger partial charge in [-0.25, -0.2) is 4.39 Å². The van der Waals surface area contributed by atoms with Crippen LogP contribution in [0, 0.1) is 11.7 Å². The van der Waals surface area contributed by atoms with Crippen molar-refractivity contribution in [3.05, 3.63) is 89.7 Å². The van der Waals surface area contributed by atoms with Gasteiger partial charge < -0.3 is 15.4 Å². The highest BCUT2D eigenvalue weighted by Gasteiger charge is 2.29. The lowest BCUT2D eigenvalue weighted by Gasteiger charge is -2.10. The van der Waals surface area contributed by atoms with Crippen molar-refractivity contribution in [3.8, 4) is 5.75 Å². The Labute approximate surface area is 173 Å². The van der Waals surface area contributed by atoms with Gasteiger partial charge in [-0.1, -0.05) is 18.2 Å². The van der Waals surface area contributed by atoms with Crippen LogP contribution < -0.4 is 15.4 Å². The number of ether oxygens (including phenoxy) is 1. The largest absolute Gasteiger partial charge is 0.489 e. The number of halogens is 1. The summed E-state index contributed by atoms with van der Waals surface area (Å²) in [5, 5.41) is 5.68. The number of nitrogens with one attached hydrogen (secondary N) is 2. The van der Waals surface area contributed by atoms with E-state index in [1.807, 2.05) is 0 Å². The van der Waals surface area contributed by atoms with E-state index in [0.29, 0.717) is 22.7 Å². The molecule has 0 bridgehead atoms. The van der Waals surface area contributed by atoms with Crippen LogP contribution in [0.15, 0.2) is 72.8 Å². The molecule has 5 nitrogen and oxygen atoms in total. The molecule has 0 unspecified atom stereocenters. The van der Waals surface area contributed by atoms with E-state index < -0.39 is 0 Å². The van der Waals surface area contributed by atoms with Crippen LogP contribution >= 0.6 is 0 Å². The van der Waals surface area contributed by atoms with Crippen LogP contribution in [0.1, 0.15) is 28.8 Å². The highest BCUT2D eigenvalue weighted by molar-refractivity contribution is 6.04. The van der Waals surface area contributed by atoms with Crippen molar-refractivity contribution in [3.63, 3.8) is 0 Å². The second-order valence-electron chi connectivity index (χ2n) is 7.24. The lowest BCUT2D eigenvalue weighted by Crippen LogP contribution is -2.14. The number of hydrogen-bond acceptors (Lipinski definition) is 3. The Hall–Kier alpha value is -3.67. The molecule has 2 N–H and O–H groups in total. The SMILES string of the molecule is O=C(Nc1cccc(OCc2cccc(F)c2)c1)c1ccc(NC(=O)C2CC2)cc1. The number of amides is 2. The molecule has 1 aliphatic carbocycles. The average molecular weight is 404 g/mol. The molecule has 1 fully saturated rings. The van der Waals surface area contributed by atoms with E-state index >= 15 is 0 Å². The molecule has 0 atom stereocenters. The van der Waals surface area contributed by atoms with E-state index in [9.17, 15) is 14.0 Å². The summed E-state index contributed by atoms with van der Waals surface area (Å²) < 4.78 is 19.0. The lowest BCUT2D eigenvalue weighted by atomic mass is 10.2. The normalized spacial score (nSPS) is 12.8. The van der Waals surface area contributed by atoms with Crippen molar-refractivity contribution in [2.75, 3.05) is 10.6 Å². The highest BCUT2D eigenvalue weighted by atomic mass is 19.1. The first-order valence-corrected chi connectivity index (χ1v) is 9.76. The fourth-order valence-electron chi connectivity index (χ4n) is 2.96. The van der Waals surface area contributed by atoms with Crippen LogP contribution in [0.5, 0.6) is 5.75 Å². The predicted octanol–water partition coefficient (Wildman–Crippen LogP) is 5.01. The second kappa shape index (κ2) is 8.78. The first kappa shape index (κ1) is 19.6. The Balaban J connectivity index is 1.34. The molecule has 3 aromatic rings. The number of rotatable bonds is 7. The zero-order chi connectivity index (χ0) is 20.9. The number of carbonyl (C=O) groups excluding carboxylic acids is 2. The van der Waals surface area contributed by atoms with Crippen molar-refractivity contribution in [1.29, 1.82) is 0 Å². The van der Waals surface area contributed by atoms with Gasteiger partial charge in [-0.3, -0.25) is 9.59 Å². The van der Waals surface area contributed by atoms with Crippen LogP contribution in [0.3, 0.4) is 0 Å². The van der Waals surface area contributed by atoms with E-state index in [1.54, 1.807) is 60.7 Å². The van der Waals surface area contributed by atoms with Gasteiger partial charge in [0.15, 0.2) is 0 Å². The van der Waals surface area contributed by atoms with Gasteiger partial charge >= 0.3 is 0 Å². The summed E-state index contributed by atoms with van der Waals surface area (Å²) in [6, 6.07) is 20.0. The molecule has 30 heavy (non-hydrogen) atoms. The number of benzene rings is 3. The van der Waals surface area contributed by atoms with Crippen molar-refractivity contribution in [2.24, 2.45) is 5.92 Å². The third kappa shape index (κ3) is 5.23. The molecule has 3 aromatic carbocycles. The second-order valence-corrected chi connectivity index (χ2v) is 7.24. The predicted molar refractivity (Wildman–Crippen MR) is 113 cm³/mol. The smallest absolute Gasteiger partial charge is 0.255 e. The molecule has 0 radical (unpaired) electrons. The standard InChI is InChI=1S/C24H21FN2O3/c25-19-4-1-3-16(13-19)15-30-22-6-2-5-21(14-22)27-24(29)18-9-11-20(12-10-18)26-23(28)17-7-8-17/h1-6,9-14,17H,7-8,15H2,(H,26,28)(H,27,29). The van der Waals surface area contributed by atoms with Crippen LogP contribution in [0.2, 0.25) is 0 Å². The topological polar surface area (TPSA) is 67.4 Å². The molecule has 4 rings (SSSR count).